The Hall–Kier alpha value is -1.12. The molecule has 82 valence electrons. The van der Waals surface area contributed by atoms with Crippen LogP contribution in [0.15, 0.2) is 11.6 Å². The van der Waals surface area contributed by atoms with Gasteiger partial charge in [0.1, 0.15) is 5.78 Å². The van der Waals surface area contributed by atoms with E-state index in [1.807, 2.05) is 6.92 Å². The normalized spacial score (nSPS) is 34.7. The average Bonchev–Trinajstić information content (AvgIpc) is 2.57. The molecule has 0 aromatic heterocycles. The molecule has 0 saturated heterocycles. The lowest BCUT2D eigenvalue weighted by Gasteiger charge is -2.37. The van der Waals surface area contributed by atoms with Crippen molar-refractivity contribution in [3.63, 3.8) is 0 Å². The minimum absolute atomic E-state index is 0.0891. The van der Waals surface area contributed by atoms with Crippen LogP contribution in [0.1, 0.15) is 32.6 Å². The lowest BCUT2D eigenvalue weighted by atomic mass is 9.66. The van der Waals surface area contributed by atoms with E-state index in [9.17, 15) is 9.59 Å². The average molecular weight is 208 g/mol. The maximum atomic E-state index is 11.9. The van der Waals surface area contributed by atoms with Crippen LogP contribution in [0.2, 0.25) is 0 Å². The Bertz CT molecular complexity index is 343. The van der Waals surface area contributed by atoms with Crippen molar-refractivity contribution in [3.05, 3.63) is 11.6 Å². The van der Waals surface area contributed by atoms with Gasteiger partial charge in [0.15, 0.2) is 0 Å². The maximum Gasteiger partial charge on any atom is 0.312 e. The molecule has 0 unspecified atom stereocenters. The lowest BCUT2D eigenvalue weighted by molar-refractivity contribution is -0.157. The minimum atomic E-state index is -0.424. The van der Waals surface area contributed by atoms with E-state index in [4.69, 9.17) is 4.74 Å². The Labute approximate surface area is 89.5 Å². The van der Waals surface area contributed by atoms with Crippen molar-refractivity contribution in [1.82, 2.24) is 0 Å². The predicted octanol–water partition coefficient (Wildman–Crippen LogP) is 1.86. The highest BCUT2D eigenvalue weighted by Crippen LogP contribution is 2.51. The number of hydrogen-bond donors (Lipinski definition) is 0. The van der Waals surface area contributed by atoms with Gasteiger partial charge in [0.05, 0.1) is 12.5 Å². The smallest absolute Gasteiger partial charge is 0.312 e. The highest BCUT2D eigenvalue weighted by molar-refractivity contribution is 5.86. The van der Waals surface area contributed by atoms with Crippen molar-refractivity contribution in [2.24, 2.45) is 11.3 Å². The zero-order valence-electron chi connectivity index (χ0n) is 9.21. The fourth-order valence-corrected chi connectivity index (χ4v) is 2.92. The van der Waals surface area contributed by atoms with Crippen LogP contribution in [0.3, 0.4) is 0 Å². The summed E-state index contributed by atoms with van der Waals surface area (Å²) in [6.45, 7) is 2.01. The van der Waals surface area contributed by atoms with Crippen molar-refractivity contribution in [2.45, 2.75) is 32.6 Å². The Morgan fingerprint density at radius 1 is 1.60 bits per heavy atom. The van der Waals surface area contributed by atoms with Gasteiger partial charge in [-0.1, -0.05) is 11.6 Å². The molecular weight excluding hydrogens is 192 g/mol. The van der Waals surface area contributed by atoms with Crippen LogP contribution >= 0.6 is 0 Å². The van der Waals surface area contributed by atoms with Gasteiger partial charge >= 0.3 is 5.97 Å². The second-order valence-electron chi connectivity index (χ2n) is 4.60. The molecule has 2 aliphatic rings. The molecule has 0 heterocycles. The van der Waals surface area contributed by atoms with Crippen LogP contribution in [-0.4, -0.2) is 18.9 Å². The SMILES string of the molecule is COC(=O)[C@]12CC=C(C)[C@H]1CC(=O)CC2. The number of hydrogen-bond acceptors (Lipinski definition) is 3. The van der Waals surface area contributed by atoms with E-state index in [1.165, 1.54) is 12.7 Å². The fourth-order valence-electron chi connectivity index (χ4n) is 2.92. The van der Waals surface area contributed by atoms with Crippen molar-refractivity contribution in [3.8, 4) is 0 Å². The Morgan fingerprint density at radius 3 is 3.00 bits per heavy atom. The Kier molecular flexibility index (Phi) is 2.41. The number of Topliss-reactive ketones (excluding diaryl/α,β-unsaturated/α-hetero) is 1. The third-order valence-electron chi connectivity index (χ3n) is 3.88. The molecule has 0 aromatic carbocycles. The summed E-state index contributed by atoms with van der Waals surface area (Å²) in [4.78, 5) is 23.3. The fraction of sp³-hybridized carbons (Fsp3) is 0.667. The number of rotatable bonds is 1. The highest BCUT2D eigenvalue weighted by Gasteiger charge is 2.52. The molecule has 0 radical (unpaired) electrons. The van der Waals surface area contributed by atoms with Crippen LogP contribution in [0, 0.1) is 11.3 Å². The van der Waals surface area contributed by atoms with Gasteiger partial charge < -0.3 is 4.74 Å². The van der Waals surface area contributed by atoms with Crippen molar-refractivity contribution in [2.75, 3.05) is 7.11 Å². The molecular formula is C12H16O3. The summed E-state index contributed by atoms with van der Waals surface area (Å²) in [6.07, 6.45) is 4.50. The minimum Gasteiger partial charge on any atom is -0.469 e. The van der Waals surface area contributed by atoms with E-state index in [-0.39, 0.29) is 17.7 Å². The molecule has 0 N–H and O–H groups in total. The first-order chi connectivity index (χ1) is 7.10. The molecule has 0 spiro atoms. The van der Waals surface area contributed by atoms with Gasteiger partial charge in [-0.3, -0.25) is 9.59 Å². The zero-order chi connectivity index (χ0) is 11.1. The highest BCUT2D eigenvalue weighted by atomic mass is 16.5. The molecule has 0 aromatic rings. The third kappa shape index (κ3) is 1.41. The van der Waals surface area contributed by atoms with Gasteiger partial charge in [-0.25, -0.2) is 0 Å². The molecule has 1 fully saturated rings. The van der Waals surface area contributed by atoms with Crippen LogP contribution in [0.4, 0.5) is 0 Å². The number of esters is 1. The Morgan fingerprint density at radius 2 is 2.33 bits per heavy atom. The molecule has 3 heteroatoms. The Balaban J connectivity index is 2.31. The summed E-state index contributed by atoms with van der Waals surface area (Å²) < 4.78 is 4.89. The quantitative estimate of drug-likeness (QED) is 0.488. The molecule has 2 aliphatic carbocycles. The van der Waals surface area contributed by atoms with Crippen LogP contribution in [0.25, 0.3) is 0 Å². The van der Waals surface area contributed by atoms with Crippen molar-refractivity contribution >= 4 is 11.8 Å². The van der Waals surface area contributed by atoms with E-state index >= 15 is 0 Å². The second kappa shape index (κ2) is 3.47. The lowest BCUT2D eigenvalue weighted by Crippen LogP contribution is -2.41. The monoisotopic (exact) mass is 208 g/mol. The van der Waals surface area contributed by atoms with Gasteiger partial charge in [0, 0.05) is 18.8 Å². The van der Waals surface area contributed by atoms with E-state index in [0.29, 0.717) is 19.3 Å². The first-order valence-corrected chi connectivity index (χ1v) is 5.37. The van der Waals surface area contributed by atoms with Gasteiger partial charge in [-0.2, -0.15) is 0 Å². The number of fused-ring (bicyclic) bond motifs is 1. The standard InChI is InChI=1S/C12H16O3/c1-8-3-5-12(11(14)15-2)6-4-9(13)7-10(8)12/h3,10H,4-7H2,1-2H3/t10-,12+/m1/s1. The van der Waals surface area contributed by atoms with E-state index < -0.39 is 5.41 Å². The topological polar surface area (TPSA) is 43.4 Å². The summed E-state index contributed by atoms with van der Waals surface area (Å²) >= 11 is 0. The third-order valence-corrected chi connectivity index (χ3v) is 3.88. The summed E-state index contributed by atoms with van der Waals surface area (Å²) in [5, 5.41) is 0. The van der Waals surface area contributed by atoms with Crippen LogP contribution in [-0.2, 0) is 14.3 Å². The van der Waals surface area contributed by atoms with Gasteiger partial charge in [0.25, 0.3) is 0 Å². The number of allylic oxidation sites excluding steroid dienone is 2. The van der Waals surface area contributed by atoms with Crippen LogP contribution in [0.5, 0.6) is 0 Å². The summed E-state index contributed by atoms with van der Waals surface area (Å²) in [7, 11) is 1.43. The second-order valence-corrected chi connectivity index (χ2v) is 4.60. The van der Waals surface area contributed by atoms with Gasteiger partial charge in [-0.15, -0.1) is 0 Å². The first-order valence-electron chi connectivity index (χ1n) is 5.37. The number of ether oxygens (including phenoxy) is 1. The van der Waals surface area contributed by atoms with Crippen molar-refractivity contribution < 1.29 is 14.3 Å². The number of ketones is 1. The molecule has 2 atom stereocenters. The summed E-state index contributed by atoms with van der Waals surface area (Å²) in [5.41, 5.74) is 0.751. The molecule has 3 nitrogen and oxygen atoms in total. The van der Waals surface area contributed by atoms with E-state index in [0.717, 1.165) is 6.42 Å². The van der Waals surface area contributed by atoms with Crippen LogP contribution < -0.4 is 0 Å². The first kappa shape index (κ1) is 10.4. The van der Waals surface area contributed by atoms with Gasteiger partial charge in [0.2, 0.25) is 0 Å². The number of carbonyl (C=O) groups is 2. The number of carbonyl (C=O) groups excluding carboxylic acids is 2. The van der Waals surface area contributed by atoms with E-state index in [1.54, 1.807) is 0 Å². The number of methoxy groups -OCH3 is 1. The largest absolute Gasteiger partial charge is 0.469 e. The molecule has 1 saturated carbocycles. The molecule has 2 rings (SSSR count). The predicted molar refractivity (Wildman–Crippen MR) is 55.2 cm³/mol. The zero-order valence-corrected chi connectivity index (χ0v) is 9.21. The summed E-state index contributed by atoms with van der Waals surface area (Å²) in [6, 6.07) is 0. The summed E-state index contributed by atoms with van der Waals surface area (Å²) in [5.74, 6) is 0.216. The van der Waals surface area contributed by atoms with Crippen molar-refractivity contribution in [1.29, 1.82) is 0 Å². The maximum absolute atomic E-state index is 11.9. The molecule has 0 aliphatic heterocycles. The van der Waals surface area contributed by atoms with Gasteiger partial charge in [-0.05, 0) is 19.8 Å². The molecule has 0 bridgehead atoms. The molecule has 0 amide bonds. The van der Waals surface area contributed by atoms with E-state index in [2.05, 4.69) is 6.08 Å². The molecule has 15 heavy (non-hydrogen) atoms.